The summed E-state index contributed by atoms with van der Waals surface area (Å²) in [7, 11) is 0. The van der Waals surface area contributed by atoms with Crippen LogP contribution in [0, 0.1) is 17.2 Å². The molecule has 0 aliphatic carbocycles. The van der Waals surface area contributed by atoms with Crippen LogP contribution in [0.1, 0.15) is 45.6 Å². The van der Waals surface area contributed by atoms with Crippen LogP contribution in [0.25, 0.3) is 0 Å². The molecule has 1 aliphatic rings. The van der Waals surface area contributed by atoms with Crippen molar-refractivity contribution in [3.8, 4) is 0 Å². The maximum atomic E-state index is 13.1. The zero-order chi connectivity index (χ0) is 16.5. The van der Waals surface area contributed by atoms with Gasteiger partial charge < -0.3 is 10.6 Å². The van der Waals surface area contributed by atoms with Gasteiger partial charge in [0.05, 0.1) is 6.04 Å². The van der Waals surface area contributed by atoms with Gasteiger partial charge in [0, 0.05) is 13.1 Å². The van der Waals surface area contributed by atoms with Crippen molar-refractivity contribution in [2.75, 3.05) is 13.1 Å². The number of amides is 1. The molecule has 1 amide bonds. The summed E-state index contributed by atoms with van der Waals surface area (Å²) in [6.45, 7) is 9.68. The van der Waals surface area contributed by atoms with Gasteiger partial charge in [-0.2, -0.15) is 0 Å². The summed E-state index contributed by atoms with van der Waals surface area (Å²) < 4.78 is 13.1. The first-order chi connectivity index (χ1) is 10.2. The Morgan fingerprint density at radius 1 is 1.32 bits per heavy atom. The van der Waals surface area contributed by atoms with Crippen LogP contribution in [0.5, 0.6) is 0 Å². The van der Waals surface area contributed by atoms with E-state index < -0.39 is 6.04 Å². The molecular formula is C18H27FN2O. The average molecular weight is 306 g/mol. The van der Waals surface area contributed by atoms with Crippen molar-refractivity contribution in [1.29, 1.82) is 0 Å². The molecule has 1 saturated heterocycles. The maximum Gasteiger partial charge on any atom is 0.239 e. The molecule has 0 spiro atoms. The summed E-state index contributed by atoms with van der Waals surface area (Å²) in [4.78, 5) is 14.4. The van der Waals surface area contributed by atoms with Crippen LogP contribution in [0.3, 0.4) is 0 Å². The Balaban J connectivity index is 2.12. The quantitative estimate of drug-likeness (QED) is 0.932. The molecule has 122 valence electrons. The first-order valence-corrected chi connectivity index (χ1v) is 8.02. The van der Waals surface area contributed by atoms with Crippen LogP contribution in [0.4, 0.5) is 4.39 Å². The van der Waals surface area contributed by atoms with Crippen LogP contribution in [0.15, 0.2) is 24.3 Å². The molecule has 1 heterocycles. The summed E-state index contributed by atoms with van der Waals surface area (Å²) >= 11 is 0. The molecule has 0 bridgehead atoms. The minimum atomic E-state index is -0.432. The SMILES string of the molecule is CC(C)C(N)C(=O)N1CCC(c2ccc(F)cc2)C(C)(C)C1. The topological polar surface area (TPSA) is 46.3 Å². The molecule has 1 aromatic rings. The summed E-state index contributed by atoms with van der Waals surface area (Å²) in [6.07, 6.45) is 0.884. The maximum absolute atomic E-state index is 13.1. The van der Waals surface area contributed by atoms with Crippen LogP contribution < -0.4 is 5.73 Å². The molecule has 1 aliphatic heterocycles. The number of carbonyl (C=O) groups excluding carboxylic acids is 1. The lowest BCUT2D eigenvalue weighted by Gasteiger charge is -2.45. The largest absolute Gasteiger partial charge is 0.341 e. The van der Waals surface area contributed by atoms with E-state index in [2.05, 4.69) is 13.8 Å². The van der Waals surface area contributed by atoms with Gasteiger partial charge in [-0.15, -0.1) is 0 Å². The van der Waals surface area contributed by atoms with E-state index in [9.17, 15) is 9.18 Å². The van der Waals surface area contributed by atoms with E-state index in [1.807, 2.05) is 30.9 Å². The van der Waals surface area contributed by atoms with Gasteiger partial charge in [0.25, 0.3) is 0 Å². The normalized spacial score (nSPS) is 22.7. The van der Waals surface area contributed by atoms with Gasteiger partial charge in [-0.1, -0.05) is 39.8 Å². The number of halogens is 1. The summed E-state index contributed by atoms with van der Waals surface area (Å²) in [5.41, 5.74) is 7.10. The molecule has 2 atom stereocenters. The molecular weight excluding hydrogens is 279 g/mol. The molecule has 2 N–H and O–H groups in total. The molecule has 3 nitrogen and oxygen atoms in total. The Morgan fingerprint density at radius 2 is 1.91 bits per heavy atom. The number of hydrogen-bond acceptors (Lipinski definition) is 2. The second kappa shape index (κ2) is 6.37. The molecule has 0 radical (unpaired) electrons. The smallest absolute Gasteiger partial charge is 0.239 e. The molecule has 2 unspecified atom stereocenters. The lowest BCUT2D eigenvalue weighted by molar-refractivity contribution is -0.137. The van der Waals surface area contributed by atoms with Crippen molar-refractivity contribution < 1.29 is 9.18 Å². The number of piperidine rings is 1. The molecule has 2 rings (SSSR count). The Kier molecular flexibility index (Phi) is 4.90. The third-order valence-electron chi connectivity index (χ3n) is 4.82. The van der Waals surface area contributed by atoms with Gasteiger partial charge in [0.1, 0.15) is 5.82 Å². The number of carbonyl (C=O) groups is 1. The molecule has 1 fully saturated rings. The predicted octanol–water partition coefficient (Wildman–Crippen LogP) is 3.15. The van der Waals surface area contributed by atoms with Gasteiger partial charge in [-0.05, 0) is 41.4 Å². The Labute approximate surface area is 132 Å². The van der Waals surface area contributed by atoms with Gasteiger partial charge in [0.2, 0.25) is 5.91 Å². The van der Waals surface area contributed by atoms with E-state index in [-0.39, 0.29) is 23.1 Å². The second-order valence-electron chi connectivity index (χ2n) is 7.41. The van der Waals surface area contributed by atoms with Crippen molar-refractivity contribution in [2.45, 2.75) is 46.1 Å². The number of rotatable bonds is 3. The highest BCUT2D eigenvalue weighted by molar-refractivity contribution is 5.82. The predicted molar refractivity (Wildman–Crippen MR) is 86.9 cm³/mol. The minimum Gasteiger partial charge on any atom is -0.341 e. The van der Waals surface area contributed by atoms with Crippen molar-refractivity contribution >= 4 is 5.91 Å². The van der Waals surface area contributed by atoms with E-state index in [0.29, 0.717) is 19.0 Å². The number of likely N-dealkylation sites (tertiary alicyclic amines) is 1. The molecule has 4 heteroatoms. The standard InChI is InChI=1S/C18H27FN2O/c1-12(2)16(20)17(22)21-10-9-15(18(3,4)11-21)13-5-7-14(19)8-6-13/h5-8,12,15-16H,9-11,20H2,1-4H3. The number of benzene rings is 1. The Hall–Kier alpha value is -1.42. The van der Waals surface area contributed by atoms with Gasteiger partial charge >= 0.3 is 0 Å². The first kappa shape index (κ1) is 16.9. The lowest BCUT2D eigenvalue weighted by Crippen LogP contribution is -2.53. The van der Waals surface area contributed by atoms with E-state index in [0.717, 1.165) is 12.0 Å². The van der Waals surface area contributed by atoms with E-state index in [1.165, 1.54) is 12.1 Å². The van der Waals surface area contributed by atoms with Gasteiger partial charge in [0.15, 0.2) is 0 Å². The molecule has 0 saturated carbocycles. The van der Waals surface area contributed by atoms with Gasteiger partial charge in [-0.3, -0.25) is 4.79 Å². The van der Waals surface area contributed by atoms with E-state index in [1.54, 1.807) is 0 Å². The number of hydrogen-bond donors (Lipinski definition) is 1. The fourth-order valence-electron chi connectivity index (χ4n) is 3.35. The first-order valence-electron chi connectivity index (χ1n) is 8.02. The van der Waals surface area contributed by atoms with Crippen LogP contribution in [-0.2, 0) is 4.79 Å². The van der Waals surface area contributed by atoms with Gasteiger partial charge in [-0.25, -0.2) is 4.39 Å². The van der Waals surface area contributed by atoms with E-state index >= 15 is 0 Å². The third kappa shape index (κ3) is 3.49. The van der Waals surface area contributed by atoms with Crippen molar-refractivity contribution in [2.24, 2.45) is 17.1 Å². The second-order valence-corrected chi connectivity index (χ2v) is 7.41. The van der Waals surface area contributed by atoms with Crippen LogP contribution in [-0.4, -0.2) is 29.9 Å². The number of nitrogens with zero attached hydrogens (tertiary/aromatic N) is 1. The van der Waals surface area contributed by atoms with Crippen molar-refractivity contribution in [3.63, 3.8) is 0 Å². The highest BCUT2D eigenvalue weighted by Gasteiger charge is 2.39. The third-order valence-corrected chi connectivity index (χ3v) is 4.82. The summed E-state index contributed by atoms with van der Waals surface area (Å²) in [6, 6.07) is 6.31. The molecule has 22 heavy (non-hydrogen) atoms. The van der Waals surface area contributed by atoms with E-state index in [4.69, 9.17) is 5.73 Å². The Bertz CT molecular complexity index is 524. The molecule has 1 aromatic carbocycles. The summed E-state index contributed by atoms with van der Waals surface area (Å²) in [5, 5.41) is 0. The fraction of sp³-hybridized carbons (Fsp3) is 0.611. The zero-order valence-electron chi connectivity index (χ0n) is 14.0. The van der Waals surface area contributed by atoms with Crippen molar-refractivity contribution in [1.82, 2.24) is 4.90 Å². The monoisotopic (exact) mass is 306 g/mol. The highest BCUT2D eigenvalue weighted by atomic mass is 19.1. The Morgan fingerprint density at radius 3 is 2.41 bits per heavy atom. The van der Waals surface area contributed by atoms with Crippen LogP contribution >= 0.6 is 0 Å². The fourth-order valence-corrected chi connectivity index (χ4v) is 3.35. The average Bonchev–Trinajstić information content (AvgIpc) is 2.45. The highest BCUT2D eigenvalue weighted by Crippen LogP contribution is 2.42. The number of nitrogens with two attached hydrogens (primary N) is 1. The van der Waals surface area contributed by atoms with Crippen LogP contribution in [0.2, 0.25) is 0 Å². The van der Waals surface area contributed by atoms with Crippen molar-refractivity contribution in [3.05, 3.63) is 35.6 Å². The summed E-state index contributed by atoms with van der Waals surface area (Å²) in [5.74, 6) is 0.301. The zero-order valence-corrected chi connectivity index (χ0v) is 14.0. The minimum absolute atomic E-state index is 0.0423. The lowest BCUT2D eigenvalue weighted by atomic mass is 9.70. The molecule has 0 aromatic heterocycles.